The summed E-state index contributed by atoms with van der Waals surface area (Å²) in [5, 5.41) is 33.8. The maximum atomic E-state index is 12.4. The molecule has 7 heterocycles. The second kappa shape index (κ2) is 51.7. The fourth-order valence-corrected chi connectivity index (χ4v) is 9.04. The number of nitrogens with zero attached hydrogens (tertiary/aromatic N) is 11. The number of aryl methyl sites for hydroxylation is 1. The summed E-state index contributed by atoms with van der Waals surface area (Å²) < 4.78 is 29.7. The van der Waals surface area contributed by atoms with Crippen molar-refractivity contribution in [2.24, 2.45) is 18.5 Å². The summed E-state index contributed by atoms with van der Waals surface area (Å²) in [5.41, 5.74) is 8.70. The number of amides is 11. The number of nitrogens with two attached hydrogens (primary N) is 2. The zero-order valence-corrected chi connectivity index (χ0v) is 63.7. The van der Waals surface area contributed by atoms with Gasteiger partial charge in [-0.05, 0) is 73.1 Å². The highest BCUT2D eigenvalue weighted by atomic mass is 79.9. The van der Waals surface area contributed by atoms with Crippen molar-refractivity contribution in [1.29, 1.82) is 16.2 Å². The number of halogens is 1. The first-order valence-electron chi connectivity index (χ1n) is 33.9. The summed E-state index contributed by atoms with van der Waals surface area (Å²) in [7, 11) is 1.55. The molecule has 43 nitrogen and oxygen atoms in total. The first-order valence-corrected chi connectivity index (χ1v) is 34.8. The largest absolute Gasteiger partial charge is 0.465 e. The third-order valence-corrected chi connectivity index (χ3v) is 14.1. The topological polar surface area (TPSA) is 583 Å². The molecule has 107 heavy (non-hydrogen) atoms. The van der Waals surface area contributed by atoms with Gasteiger partial charge in [-0.15, -0.1) is 0 Å². The van der Waals surface area contributed by atoms with Crippen LogP contribution in [-0.2, 0) is 95.3 Å². The molecule has 0 aliphatic carbocycles. The van der Waals surface area contributed by atoms with Crippen LogP contribution in [0.25, 0.3) is 27.2 Å². The third kappa shape index (κ3) is 32.3. The molecule has 0 bridgehead atoms. The fraction of sp³-hybridized carbons (Fsp3) is 0.587. The molecule has 44 heteroatoms. The highest BCUT2D eigenvalue weighted by Crippen LogP contribution is 2.13. The molecule has 3 aliphatic rings. The van der Waals surface area contributed by atoms with E-state index in [9.17, 15) is 76.7 Å². The van der Waals surface area contributed by atoms with Crippen LogP contribution in [0.3, 0.4) is 0 Å². The van der Waals surface area contributed by atoms with Crippen LogP contribution in [0, 0.1) is 22.8 Å². The van der Waals surface area contributed by atoms with Crippen LogP contribution in [-0.4, -0.2) is 231 Å². The molecule has 594 valence electrons. The van der Waals surface area contributed by atoms with Gasteiger partial charge >= 0.3 is 71.9 Å². The van der Waals surface area contributed by atoms with Crippen molar-refractivity contribution < 1.29 is 81.2 Å². The van der Waals surface area contributed by atoms with Crippen molar-refractivity contribution in [1.82, 2.24) is 79.1 Å². The fourth-order valence-electron chi connectivity index (χ4n) is 8.68. The molecule has 7 rings (SSSR count). The molecule has 0 radical (unpaired) electrons. The Morgan fingerprint density at radius 1 is 0.589 bits per heavy atom. The summed E-state index contributed by atoms with van der Waals surface area (Å²) in [6, 6.07) is -3.05. The Morgan fingerprint density at radius 2 is 1.04 bits per heavy atom. The molecule has 0 aromatic carbocycles. The number of amidine groups is 3. The van der Waals surface area contributed by atoms with Crippen molar-refractivity contribution in [2.75, 3.05) is 78.8 Å². The number of hydrogen-bond donors (Lipinski definition) is 11. The number of nitrogens with one attached hydrogen (secondary N) is 9. The highest BCUT2D eigenvalue weighted by Gasteiger charge is 2.38. The van der Waals surface area contributed by atoms with Crippen molar-refractivity contribution in [3.8, 4) is 0 Å². The van der Waals surface area contributed by atoms with Gasteiger partial charge in [-0.3, -0.25) is 114 Å². The molecule has 3 saturated heterocycles. The van der Waals surface area contributed by atoms with Gasteiger partial charge in [-0.1, -0.05) is 57.5 Å². The summed E-state index contributed by atoms with van der Waals surface area (Å²) >= 11 is 3.03. The van der Waals surface area contributed by atoms with Gasteiger partial charge in [0.1, 0.15) is 36.6 Å². The summed E-state index contributed by atoms with van der Waals surface area (Å²) in [6.07, 6.45) is 7.05. The quantitative estimate of drug-likeness (QED) is 0.0173. The Morgan fingerprint density at radius 3 is 1.50 bits per heavy atom. The van der Waals surface area contributed by atoms with Gasteiger partial charge in [0.05, 0.1) is 65.2 Å². The van der Waals surface area contributed by atoms with Crippen LogP contribution in [0.5, 0.6) is 0 Å². The number of urea groups is 4. The smallest absolute Gasteiger partial charge is 0.387 e. The van der Waals surface area contributed by atoms with Crippen LogP contribution in [0.4, 0.5) is 19.2 Å². The van der Waals surface area contributed by atoms with Gasteiger partial charge in [0.2, 0.25) is 5.91 Å². The SMILES string of the molecule is CCCN1C(=O)CC(=N)NC1=O.CCCN1C(=O)NC(=N)C(Br)C1=O.CCCN1C(=O)NC(=N)C(NCC(=O)OCC)C1=O.CCCNC(N)=O.CCCn1c(=O)[nH]c2ncn(CC(=O)OCC)c2c1=O.CCCn1c(=O)c2c(ncn2CC(=O)OCC)n(C)c1=O.CCOC(=O)CN.[C-]#[N+]CC(=O)OCC. The molecule has 4 aromatic heterocycles. The van der Waals surface area contributed by atoms with Gasteiger partial charge in [-0.25, -0.2) is 50.1 Å². The molecule has 0 spiro atoms. The van der Waals surface area contributed by atoms with Crippen molar-refractivity contribution in [3.05, 3.63) is 65.7 Å². The third-order valence-electron chi connectivity index (χ3n) is 13.2. The second-order valence-corrected chi connectivity index (χ2v) is 22.5. The lowest BCUT2D eigenvalue weighted by Gasteiger charge is -2.31. The molecular weight excluding hydrogens is 1480 g/mol. The van der Waals surface area contributed by atoms with E-state index in [0.29, 0.717) is 71.6 Å². The second-order valence-electron chi connectivity index (χ2n) is 21.6. The first kappa shape index (κ1) is 95.6. The number of carbonyl (C=O) groups excluding carboxylic acids is 12. The van der Waals surface area contributed by atoms with Crippen LogP contribution in [0.2, 0.25) is 0 Å². The van der Waals surface area contributed by atoms with Crippen LogP contribution >= 0.6 is 15.9 Å². The maximum Gasteiger partial charge on any atom is 0.387 e. The predicted octanol–water partition coefficient (Wildman–Crippen LogP) is 0.222. The standard InChI is InChI=1S/C13H18N4O4.C12H16N4O4.C11H18N4O4.C7H10BrN3O2.C7H11N3O2.C5H7NO2.C4H10N2O.C4H9NO2/c1-4-6-17-12(19)10-11(15(3)13(17)20)14-8-16(10)7-9(18)21-5-2;1-3-5-16-11(18)9-10(14-12(16)19)13-7-15(9)6-8(17)20-4-2;1-3-5-15-10(17)8(9(12)14-11(15)18)13-6-7(16)19-4-2;1-2-3-11-6(12)4(8)5(9)10-7(11)13;1-2-3-10-6(11)4-5(8)9-7(10)12;1-3-8-5(7)4-6-2;1-2-3-6-4(5)7;1-2-7-4(6)3-5/h8H,4-7H2,1-3H3;7H,3-6H2,1-2H3,(H,14,19);8,13H,3-6H2,1-2H3,(H2,12,14,18);4H,2-3H2,1H3,(H2,9,10,13);2-4H2,1H3,(H2,8,9,12);3-4H2,1H3;2-3H2,1H3,(H3,5,6,7);2-3,5H2,1H3. The number of rotatable bonds is 26. The molecule has 11 amide bonds. The van der Waals surface area contributed by atoms with Crippen LogP contribution < -0.4 is 60.5 Å². The van der Waals surface area contributed by atoms with E-state index in [4.69, 9.17) is 48.5 Å². The lowest BCUT2D eigenvalue weighted by molar-refractivity contribution is -0.144. The van der Waals surface area contributed by atoms with Gasteiger partial charge < -0.3 is 54.4 Å². The van der Waals surface area contributed by atoms with Gasteiger partial charge in [0.25, 0.3) is 22.9 Å². The predicted molar refractivity (Wildman–Crippen MR) is 390 cm³/mol. The van der Waals surface area contributed by atoms with Crippen molar-refractivity contribution in [3.63, 3.8) is 0 Å². The van der Waals surface area contributed by atoms with E-state index < -0.39 is 87.3 Å². The van der Waals surface area contributed by atoms with E-state index in [0.717, 1.165) is 36.7 Å². The maximum absolute atomic E-state index is 12.4. The number of carbonyl (C=O) groups is 12. The minimum atomic E-state index is -1.02. The zero-order valence-electron chi connectivity index (χ0n) is 62.1. The van der Waals surface area contributed by atoms with E-state index in [1.807, 2.05) is 41.5 Å². The van der Waals surface area contributed by atoms with E-state index in [2.05, 4.69) is 71.8 Å². The van der Waals surface area contributed by atoms with E-state index in [1.54, 1.807) is 41.7 Å². The Kier molecular flexibility index (Phi) is 46.2. The number of ether oxygens (including phenoxy) is 5. The van der Waals surface area contributed by atoms with E-state index >= 15 is 0 Å². The molecule has 3 fully saturated rings. The molecule has 2 unspecified atom stereocenters. The van der Waals surface area contributed by atoms with E-state index in [-0.39, 0.29) is 123 Å². The number of fused-ring (bicyclic) bond motifs is 2. The first-order chi connectivity index (χ1) is 50.7. The minimum Gasteiger partial charge on any atom is -0.465 e. The monoisotopic (exact) mass is 1580 g/mol. The normalized spacial score (nSPS) is 14.1. The van der Waals surface area contributed by atoms with Crippen LogP contribution in [0.15, 0.2) is 31.8 Å². The van der Waals surface area contributed by atoms with Crippen molar-refractivity contribution in [2.45, 2.75) is 158 Å². The number of alkyl halides is 1. The average molecular weight is 1580 g/mol. The van der Waals surface area contributed by atoms with Gasteiger partial charge in [-0.2, -0.15) is 0 Å². The zero-order chi connectivity index (χ0) is 81.6. The van der Waals surface area contributed by atoms with Crippen molar-refractivity contribution >= 4 is 127 Å². The molecular formula is C63H99BrN22O21. The number of hydrogen-bond acceptors (Lipinski definition) is 28. The summed E-state index contributed by atoms with van der Waals surface area (Å²) in [5.74, 6) is -3.76. The molecule has 13 N–H and O–H groups in total. The molecule has 4 aromatic rings. The Hall–Kier alpha value is -11.4. The Bertz CT molecular complexity index is 4000. The van der Waals surface area contributed by atoms with Gasteiger partial charge in [0.15, 0.2) is 27.2 Å². The average Bonchev–Trinajstić information content (AvgIpc) is 1.65. The molecule has 3 aliphatic heterocycles. The van der Waals surface area contributed by atoms with E-state index in [1.165, 1.54) is 26.4 Å². The number of aromatic nitrogens is 8. The Balaban J connectivity index is 0.00000124. The minimum absolute atomic E-state index is 0.00569. The number of imide groups is 3. The number of imidazole rings is 2. The van der Waals surface area contributed by atoms with Crippen LogP contribution in [0.1, 0.15) is 121 Å². The molecule has 2 atom stereocenters. The van der Waals surface area contributed by atoms with Gasteiger partial charge in [0, 0.05) is 46.3 Å². The Labute approximate surface area is 622 Å². The molecule has 0 saturated carbocycles. The summed E-state index contributed by atoms with van der Waals surface area (Å²) in [4.78, 5) is 197. The number of H-pyrrole nitrogens is 1. The lowest BCUT2D eigenvalue weighted by atomic mass is 10.1. The lowest BCUT2D eigenvalue weighted by Crippen LogP contribution is -2.65. The number of primary amides is 1. The summed E-state index contributed by atoms with van der Waals surface area (Å²) in [6.45, 7) is 29.5. The number of aromatic amines is 1. The number of esters is 5. The highest BCUT2D eigenvalue weighted by molar-refractivity contribution is 9.10.